The number of hydrogen-bond donors (Lipinski definition) is 3. The van der Waals surface area contributed by atoms with E-state index >= 15 is 0 Å². The van der Waals surface area contributed by atoms with Gasteiger partial charge in [0.05, 0.1) is 9.77 Å². The number of rotatable bonds is 8. The van der Waals surface area contributed by atoms with E-state index in [0.29, 0.717) is 21.8 Å². The molecule has 0 fully saturated rings. The number of benzene rings is 2. The largest absolute Gasteiger partial charge is 0.322 e. The summed E-state index contributed by atoms with van der Waals surface area (Å²) in [6.07, 6.45) is 2.94. The lowest BCUT2D eigenvalue weighted by molar-refractivity contribution is -0.111. The van der Waals surface area contributed by atoms with Gasteiger partial charge in [-0.15, -0.1) is 11.3 Å². The smallest absolute Gasteiger partial charge is 0.265 e. The predicted octanol–water partition coefficient (Wildman–Crippen LogP) is 4.34. The second kappa shape index (κ2) is 10.4. The molecule has 0 unspecified atom stereocenters. The number of nitrogens with one attached hydrogen (secondary N) is 3. The first kappa shape index (κ1) is 23.4. The van der Waals surface area contributed by atoms with Crippen LogP contribution in [0.3, 0.4) is 0 Å². The van der Waals surface area contributed by atoms with Crippen LogP contribution < -0.4 is 15.4 Å². The molecule has 3 rings (SSSR count). The zero-order chi connectivity index (χ0) is 23.1. The fraction of sp³-hybridized carbons (Fsp3) is 0.130. The number of hydrogen-bond acceptors (Lipinski definition) is 5. The molecule has 0 saturated carbocycles. The number of sulfonamides is 1. The van der Waals surface area contributed by atoms with E-state index in [1.165, 1.54) is 29.5 Å². The summed E-state index contributed by atoms with van der Waals surface area (Å²) in [5, 5.41) is 7.36. The normalized spacial score (nSPS) is 11.6. The monoisotopic (exact) mass is 469 g/mol. The minimum atomic E-state index is -3.56. The van der Waals surface area contributed by atoms with Crippen LogP contribution in [0.2, 0.25) is 0 Å². The lowest BCUT2D eigenvalue weighted by Crippen LogP contribution is -2.30. The van der Waals surface area contributed by atoms with Crippen LogP contribution >= 0.6 is 11.3 Å². The van der Waals surface area contributed by atoms with Crippen LogP contribution in [0.25, 0.3) is 6.08 Å². The van der Waals surface area contributed by atoms with Crippen molar-refractivity contribution in [1.82, 2.24) is 4.72 Å². The third-order valence-electron chi connectivity index (χ3n) is 4.14. The van der Waals surface area contributed by atoms with Crippen molar-refractivity contribution in [3.05, 3.63) is 82.6 Å². The number of carbonyl (C=O) groups is 2. The van der Waals surface area contributed by atoms with Gasteiger partial charge in [0.1, 0.15) is 0 Å². The molecule has 7 nitrogen and oxygen atoms in total. The summed E-state index contributed by atoms with van der Waals surface area (Å²) in [6.45, 7) is 3.50. The Bertz CT molecular complexity index is 1220. The molecule has 32 heavy (non-hydrogen) atoms. The molecule has 0 aliphatic carbocycles. The maximum atomic E-state index is 12.3. The quantitative estimate of drug-likeness (QED) is 0.427. The Morgan fingerprint density at radius 2 is 1.62 bits per heavy atom. The average Bonchev–Trinajstić information content (AvgIpc) is 3.27. The highest BCUT2D eigenvalue weighted by molar-refractivity contribution is 7.89. The molecule has 0 aliphatic rings. The summed E-state index contributed by atoms with van der Waals surface area (Å²) < 4.78 is 26.9. The Kier molecular flexibility index (Phi) is 7.57. The molecule has 0 saturated heterocycles. The molecule has 0 atom stereocenters. The first-order valence-corrected chi connectivity index (χ1v) is 12.2. The van der Waals surface area contributed by atoms with Crippen LogP contribution in [0, 0.1) is 0 Å². The van der Waals surface area contributed by atoms with Gasteiger partial charge in [-0.2, -0.15) is 0 Å². The van der Waals surface area contributed by atoms with Crippen LogP contribution in [0.1, 0.15) is 29.1 Å². The molecule has 2 aromatic carbocycles. The summed E-state index contributed by atoms with van der Waals surface area (Å²) in [5.74, 6) is -0.567. The third kappa shape index (κ3) is 6.61. The van der Waals surface area contributed by atoms with Gasteiger partial charge in [0, 0.05) is 23.5 Å². The lowest BCUT2D eigenvalue weighted by atomic mass is 10.2. The van der Waals surface area contributed by atoms with Gasteiger partial charge in [-0.05, 0) is 67.3 Å². The maximum absolute atomic E-state index is 12.3. The Labute approximate surface area is 191 Å². The fourth-order valence-corrected chi connectivity index (χ4v) is 4.64. The van der Waals surface area contributed by atoms with Crippen molar-refractivity contribution in [1.29, 1.82) is 0 Å². The van der Waals surface area contributed by atoms with Gasteiger partial charge >= 0.3 is 0 Å². The van der Waals surface area contributed by atoms with Gasteiger partial charge in [0.15, 0.2) is 0 Å². The summed E-state index contributed by atoms with van der Waals surface area (Å²) in [4.78, 5) is 25.2. The van der Waals surface area contributed by atoms with Crippen molar-refractivity contribution in [2.45, 2.75) is 24.8 Å². The zero-order valence-corrected chi connectivity index (χ0v) is 19.2. The summed E-state index contributed by atoms with van der Waals surface area (Å²) >= 11 is 1.35. The van der Waals surface area contributed by atoms with Crippen molar-refractivity contribution >= 4 is 50.6 Å². The number of thiophene rings is 1. The summed E-state index contributed by atoms with van der Waals surface area (Å²) in [5.41, 5.74) is 1.78. The molecule has 0 bridgehead atoms. The highest BCUT2D eigenvalue weighted by atomic mass is 32.2. The van der Waals surface area contributed by atoms with Crippen molar-refractivity contribution in [3.63, 3.8) is 0 Å². The standard InChI is InChI=1S/C23H23N3O4S2/c1-16(2)26-32(29,30)20-11-8-17(9-12-20)10-13-22(27)24-18-5-3-6-19(15-18)25-23(28)21-7-4-14-31-21/h3-16,26H,1-2H3,(H,24,27)(H,25,28)/b13-10+. The van der Waals surface area contributed by atoms with Crippen LogP contribution in [0.5, 0.6) is 0 Å². The molecular formula is C23H23N3O4S2. The molecule has 0 spiro atoms. The van der Waals surface area contributed by atoms with Gasteiger partial charge < -0.3 is 10.6 Å². The molecule has 166 valence electrons. The molecule has 9 heteroatoms. The van der Waals surface area contributed by atoms with E-state index < -0.39 is 10.0 Å². The second-order valence-electron chi connectivity index (χ2n) is 7.18. The molecule has 3 N–H and O–H groups in total. The molecule has 0 radical (unpaired) electrons. The van der Waals surface area contributed by atoms with E-state index in [4.69, 9.17) is 0 Å². The lowest BCUT2D eigenvalue weighted by Gasteiger charge is -2.09. The third-order valence-corrected chi connectivity index (χ3v) is 6.68. The van der Waals surface area contributed by atoms with Gasteiger partial charge in [0.2, 0.25) is 15.9 Å². The topological polar surface area (TPSA) is 104 Å². The van der Waals surface area contributed by atoms with E-state index in [1.54, 1.807) is 68.5 Å². The van der Waals surface area contributed by atoms with Gasteiger partial charge in [0.25, 0.3) is 5.91 Å². The SMILES string of the molecule is CC(C)NS(=O)(=O)c1ccc(/C=C/C(=O)Nc2cccc(NC(=O)c3cccs3)c2)cc1. The number of carbonyl (C=O) groups excluding carboxylic acids is 2. The van der Waals surface area contributed by atoms with Crippen LogP contribution in [-0.4, -0.2) is 26.3 Å². The highest BCUT2D eigenvalue weighted by Crippen LogP contribution is 2.18. The Hall–Kier alpha value is -3.27. The Morgan fingerprint density at radius 1 is 0.938 bits per heavy atom. The summed E-state index contributed by atoms with van der Waals surface area (Å²) in [6, 6.07) is 16.4. The van der Waals surface area contributed by atoms with E-state index in [2.05, 4.69) is 15.4 Å². The zero-order valence-electron chi connectivity index (χ0n) is 17.5. The first-order valence-electron chi connectivity index (χ1n) is 9.79. The van der Waals surface area contributed by atoms with Crippen LogP contribution in [-0.2, 0) is 14.8 Å². The number of anilines is 2. The van der Waals surface area contributed by atoms with Crippen LogP contribution in [0.15, 0.2) is 77.0 Å². The molecule has 1 aromatic heterocycles. The second-order valence-corrected chi connectivity index (χ2v) is 9.84. The van der Waals surface area contributed by atoms with Crippen molar-refractivity contribution in [3.8, 4) is 0 Å². The van der Waals surface area contributed by atoms with Crippen molar-refractivity contribution < 1.29 is 18.0 Å². The first-order chi connectivity index (χ1) is 15.2. The number of amides is 2. The molecule has 0 aliphatic heterocycles. The predicted molar refractivity (Wildman–Crippen MR) is 128 cm³/mol. The van der Waals surface area contributed by atoms with Gasteiger partial charge in [-0.3, -0.25) is 9.59 Å². The van der Waals surface area contributed by atoms with Gasteiger partial charge in [-0.1, -0.05) is 24.3 Å². The van der Waals surface area contributed by atoms with Gasteiger partial charge in [-0.25, -0.2) is 13.1 Å². The Balaban J connectivity index is 1.60. The van der Waals surface area contributed by atoms with E-state index in [0.717, 1.165) is 0 Å². The minimum absolute atomic E-state index is 0.161. The molecular weight excluding hydrogens is 446 g/mol. The fourth-order valence-electron chi connectivity index (χ4n) is 2.77. The molecule has 2 amide bonds. The summed E-state index contributed by atoms with van der Waals surface area (Å²) in [7, 11) is -3.56. The van der Waals surface area contributed by atoms with Crippen LogP contribution in [0.4, 0.5) is 11.4 Å². The van der Waals surface area contributed by atoms with Crippen molar-refractivity contribution in [2.75, 3.05) is 10.6 Å². The average molecular weight is 470 g/mol. The highest BCUT2D eigenvalue weighted by Gasteiger charge is 2.14. The van der Waals surface area contributed by atoms with E-state index in [1.807, 2.05) is 5.38 Å². The minimum Gasteiger partial charge on any atom is -0.322 e. The van der Waals surface area contributed by atoms with E-state index in [-0.39, 0.29) is 22.8 Å². The van der Waals surface area contributed by atoms with Crippen molar-refractivity contribution in [2.24, 2.45) is 0 Å². The van der Waals surface area contributed by atoms with E-state index in [9.17, 15) is 18.0 Å². The maximum Gasteiger partial charge on any atom is 0.265 e. The molecule has 1 heterocycles. The Morgan fingerprint density at radius 3 is 2.25 bits per heavy atom. The molecule has 3 aromatic rings.